The van der Waals surface area contributed by atoms with Gasteiger partial charge in [0.15, 0.2) is 23.1 Å². The van der Waals surface area contributed by atoms with Crippen molar-refractivity contribution < 1.29 is 38.4 Å². The van der Waals surface area contributed by atoms with Crippen molar-refractivity contribution in [3.8, 4) is 17.2 Å². The van der Waals surface area contributed by atoms with Gasteiger partial charge in [0.05, 0.1) is 20.8 Å². The maximum absolute atomic E-state index is 14.3. The van der Waals surface area contributed by atoms with Crippen LogP contribution in [-0.4, -0.2) is 61.5 Å². The van der Waals surface area contributed by atoms with Gasteiger partial charge in [0.2, 0.25) is 5.90 Å². The maximum atomic E-state index is 14.3. The number of rotatable bonds is 15. The number of ether oxygens (including phenoxy) is 5. The molecular weight excluding hydrogens is 670 g/mol. The fourth-order valence-electron chi connectivity index (χ4n) is 5.02. The fourth-order valence-corrected chi connectivity index (χ4v) is 5.28. The summed E-state index contributed by atoms with van der Waals surface area (Å²) in [4.78, 5) is 32.2. The molecule has 2 atom stereocenters. The number of esters is 1. The third kappa shape index (κ3) is 9.46. The Hall–Kier alpha value is -4.13. The van der Waals surface area contributed by atoms with Crippen molar-refractivity contribution in [3.63, 3.8) is 0 Å². The van der Waals surface area contributed by atoms with E-state index in [9.17, 15) is 9.59 Å². The van der Waals surface area contributed by atoms with Crippen LogP contribution in [0.1, 0.15) is 62.8 Å². The first-order valence-electron chi connectivity index (χ1n) is 15.3. The highest BCUT2D eigenvalue weighted by molar-refractivity contribution is 9.10. The summed E-state index contributed by atoms with van der Waals surface area (Å²) in [6.07, 6.45) is -0.415. The minimum absolute atomic E-state index is 0.0123. The molecule has 3 aromatic carbocycles. The molecule has 0 aliphatic carbocycles. The summed E-state index contributed by atoms with van der Waals surface area (Å²) in [6, 6.07) is 20.0. The number of hydrogen-bond donors (Lipinski definition) is 3. The Balaban J connectivity index is 1.67. The number of halogens is 1. The number of hydrazine groups is 1. The average Bonchev–Trinajstić information content (AvgIpc) is 3.44. The van der Waals surface area contributed by atoms with Gasteiger partial charge >= 0.3 is 5.97 Å². The number of amides is 1. The highest BCUT2D eigenvalue weighted by Crippen LogP contribution is 2.43. The van der Waals surface area contributed by atoms with Crippen LogP contribution in [0, 0.1) is 0 Å². The first kappa shape index (κ1) is 35.7. The predicted octanol–water partition coefficient (Wildman–Crippen LogP) is 5.43. The van der Waals surface area contributed by atoms with Crippen LogP contribution in [0.4, 0.5) is 0 Å². The zero-order valence-electron chi connectivity index (χ0n) is 27.3. The SMILES string of the molecule is COc1ccc(CNNC(=O)[C@@]2(CCC(=O)OC(C)(C)C)N=C(c3ccc(OCCCO)cc3)O[C@H]2c2ccc(Br)cc2)cc1OC. The maximum Gasteiger partial charge on any atom is 0.306 e. The van der Waals surface area contributed by atoms with Gasteiger partial charge in [0.1, 0.15) is 11.4 Å². The molecule has 47 heavy (non-hydrogen) atoms. The van der Waals surface area contributed by atoms with E-state index < -0.39 is 29.1 Å². The normalized spacial score (nSPS) is 17.3. The van der Waals surface area contributed by atoms with Crippen LogP contribution in [-0.2, 0) is 25.6 Å². The van der Waals surface area contributed by atoms with Crippen LogP contribution in [0.3, 0.4) is 0 Å². The van der Waals surface area contributed by atoms with Gasteiger partial charge in [-0.25, -0.2) is 10.4 Å². The first-order chi connectivity index (χ1) is 22.5. The van der Waals surface area contributed by atoms with Gasteiger partial charge in [-0.15, -0.1) is 0 Å². The number of carbonyl (C=O) groups is 2. The Bertz CT molecular complexity index is 1540. The molecule has 12 heteroatoms. The molecular formula is C35H42BrN3O8. The summed E-state index contributed by atoms with van der Waals surface area (Å²) in [5.74, 6) is 1.09. The molecule has 1 heterocycles. The third-order valence-electron chi connectivity index (χ3n) is 7.28. The average molecular weight is 713 g/mol. The van der Waals surface area contributed by atoms with Crippen molar-refractivity contribution in [2.75, 3.05) is 27.4 Å². The summed E-state index contributed by atoms with van der Waals surface area (Å²) < 4.78 is 29.3. The van der Waals surface area contributed by atoms with Crippen molar-refractivity contribution in [2.24, 2.45) is 4.99 Å². The lowest BCUT2D eigenvalue weighted by atomic mass is 9.83. The van der Waals surface area contributed by atoms with E-state index in [-0.39, 0.29) is 31.9 Å². The number of aliphatic hydroxyl groups is 1. The van der Waals surface area contributed by atoms with E-state index in [0.29, 0.717) is 41.4 Å². The lowest BCUT2D eigenvalue weighted by molar-refractivity contribution is -0.155. The van der Waals surface area contributed by atoms with Crippen molar-refractivity contribution >= 4 is 33.7 Å². The first-order valence-corrected chi connectivity index (χ1v) is 16.1. The molecule has 0 radical (unpaired) electrons. The standard InChI is InChI=1S/C35H42BrN3O8/c1-34(2,3)47-30(41)17-18-35(33(42)39-37-22-23-7-16-28(43-4)29(21-23)44-5)31(24-8-12-26(36)13-9-24)46-32(38-35)25-10-14-27(15-11-25)45-20-6-19-40/h7-16,21,31,37,40H,6,17-20,22H2,1-5H3,(H,39,42)/t31-,35-/m0/s1. The van der Waals surface area contributed by atoms with Crippen LogP contribution < -0.4 is 25.1 Å². The van der Waals surface area contributed by atoms with Gasteiger partial charge in [-0.2, -0.15) is 0 Å². The largest absolute Gasteiger partial charge is 0.494 e. The van der Waals surface area contributed by atoms with Crippen LogP contribution in [0.2, 0.25) is 0 Å². The summed E-state index contributed by atoms with van der Waals surface area (Å²) in [5, 5.41) is 9.06. The number of methoxy groups -OCH3 is 2. The van der Waals surface area contributed by atoms with Crippen LogP contribution >= 0.6 is 15.9 Å². The van der Waals surface area contributed by atoms with Gasteiger partial charge < -0.3 is 28.8 Å². The predicted molar refractivity (Wildman–Crippen MR) is 180 cm³/mol. The molecule has 0 fully saturated rings. The zero-order chi connectivity index (χ0) is 34.0. The highest BCUT2D eigenvalue weighted by Gasteiger charge is 2.53. The lowest BCUT2D eigenvalue weighted by Crippen LogP contribution is -2.52. The topological polar surface area (TPSA) is 137 Å². The molecule has 4 rings (SSSR count). The van der Waals surface area contributed by atoms with Gasteiger partial charge in [-0.05, 0) is 86.8 Å². The highest BCUT2D eigenvalue weighted by atomic mass is 79.9. The molecule has 0 aromatic heterocycles. The Morgan fingerprint density at radius 1 is 1.00 bits per heavy atom. The third-order valence-corrected chi connectivity index (χ3v) is 7.80. The monoisotopic (exact) mass is 711 g/mol. The number of nitrogens with zero attached hydrogens (tertiary/aromatic N) is 1. The molecule has 0 saturated carbocycles. The number of benzene rings is 3. The second-order valence-electron chi connectivity index (χ2n) is 11.9. The van der Waals surface area contributed by atoms with Gasteiger partial charge in [0, 0.05) is 36.0 Å². The molecule has 0 saturated heterocycles. The Kier molecular flexibility index (Phi) is 12.3. The number of hydrogen-bond acceptors (Lipinski definition) is 10. The molecule has 3 aromatic rings. The molecule has 252 valence electrons. The summed E-state index contributed by atoms with van der Waals surface area (Å²) in [5.41, 5.74) is 5.77. The molecule has 0 spiro atoms. The molecule has 1 aliphatic heterocycles. The Labute approximate surface area is 283 Å². The van der Waals surface area contributed by atoms with Crippen molar-refractivity contribution in [1.29, 1.82) is 0 Å². The quantitative estimate of drug-likeness (QED) is 0.107. The zero-order valence-corrected chi connectivity index (χ0v) is 28.9. The van der Waals surface area contributed by atoms with E-state index in [1.807, 2.05) is 36.4 Å². The Morgan fingerprint density at radius 2 is 1.70 bits per heavy atom. The van der Waals surface area contributed by atoms with Crippen LogP contribution in [0.15, 0.2) is 76.2 Å². The van der Waals surface area contributed by atoms with Crippen LogP contribution in [0.5, 0.6) is 17.2 Å². The molecule has 1 aliphatic rings. The summed E-state index contributed by atoms with van der Waals surface area (Å²) in [7, 11) is 3.12. The second-order valence-corrected chi connectivity index (χ2v) is 12.8. The summed E-state index contributed by atoms with van der Waals surface area (Å²) >= 11 is 3.48. The Morgan fingerprint density at radius 3 is 2.34 bits per heavy atom. The lowest BCUT2D eigenvalue weighted by Gasteiger charge is -2.31. The van der Waals surface area contributed by atoms with Gasteiger partial charge in [0.25, 0.3) is 5.91 Å². The van der Waals surface area contributed by atoms with E-state index in [4.69, 9.17) is 33.8 Å². The minimum atomic E-state index is -1.54. The van der Waals surface area contributed by atoms with Gasteiger partial charge in [-0.3, -0.25) is 15.0 Å². The fraction of sp³-hybridized carbons (Fsp3) is 0.400. The number of aliphatic imine (C=N–C) groups is 1. The molecule has 3 N–H and O–H groups in total. The smallest absolute Gasteiger partial charge is 0.306 e. The van der Waals surface area contributed by atoms with E-state index in [1.165, 1.54) is 0 Å². The summed E-state index contributed by atoms with van der Waals surface area (Å²) in [6.45, 7) is 6.07. The molecule has 0 unspecified atom stereocenters. The second kappa shape index (κ2) is 16.1. The van der Waals surface area contributed by atoms with Crippen molar-refractivity contribution in [1.82, 2.24) is 10.9 Å². The number of aliphatic hydroxyl groups excluding tert-OH is 1. The van der Waals surface area contributed by atoms with E-state index >= 15 is 0 Å². The van der Waals surface area contributed by atoms with E-state index in [2.05, 4.69) is 26.8 Å². The number of nitrogens with one attached hydrogen (secondary N) is 2. The minimum Gasteiger partial charge on any atom is -0.494 e. The van der Waals surface area contributed by atoms with E-state index in [1.54, 1.807) is 65.3 Å². The van der Waals surface area contributed by atoms with Gasteiger partial charge in [-0.1, -0.05) is 34.1 Å². The van der Waals surface area contributed by atoms with Crippen molar-refractivity contribution in [3.05, 3.63) is 87.9 Å². The molecule has 11 nitrogen and oxygen atoms in total. The number of carbonyl (C=O) groups excluding carboxylic acids is 2. The van der Waals surface area contributed by atoms with Crippen LogP contribution in [0.25, 0.3) is 0 Å². The van der Waals surface area contributed by atoms with Crippen molar-refractivity contribution in [2.45, 2.75) is 63.8 Å². The van der Waals surface area contributed by atoms with E-state index in [0.717, 1.165) is 10.0 Å². The molecule has 1 amide bonds. The molecule has 0 bridgehead atoms.